The summed E-state index contributed by atoms with van der Waals surface area (Å²) in [6.07, 6.45) is 11.1. The van der Waals surface area contributed by atoms with Crippen LogP contribution in [0.2, 0.25) is 0 Å². The van der Waals surface area contributed by atoms with Gasteiger partial charge in [0.05, 0.1) is 0 Å². The Bertz CT molecular complexity index is 643. The van der Waals surface area contributed by atoms with Gasteiger partial charge in [-0.05, 0) is 54.9 Å². The molecule has 0 heteroatoms. The van der Waals surface area contributed by atoms with Crippen molar-refractivity contribution in [2.24, 2.45) is 17.8 Å². The number of hydrogen-bond acceptors (Lipinski definition) is 0. The van der Waals surface area contributed by atoms with Crippen LogP contribution in [0.25, 0.3) is 5.57 Å². The van der Waals surface area contributed by atoms with Crippen molar-refractivity contribution in [3.63, 3.8) is 0 Å². The van der Waals surface area contributed by atoms with Crippen molar-refractivity contribution in [2.75, 3.05) is 0 Å². The molecule has 0 aliphatic heterocycles. The summed E-state index contributed by atoms with van der Waals surface area (Å²) in [7, 11) is 0. The van der Waals surface area contributed by atoms with Crippen LogP contribution in [0.3, 0.4) is 0 Å². The van der Waals surface area contributed by atoms with E-state index in [0.717, 1.165) is 23.3 Å². The van der Waals surface area contributed by atoms with Gasteiger partial charge in [-0.1, -0.05) is 31.4 Å². The van der Waals surface area contributed by atoms with Gasteiger partial charge in [-0.2, -0.15) is 24.6 Å². The van der Waals surface area contributed by atoms with E-state index >= 15 is 0 Å². The highest BCUT2D eigenvalue weighted by Gasteiger charge is 2.39. The molecule has 0 N–H and O–H groups in total. The lowest BCUT2D eigenvalue weighted by atomic mass is 9.99. The van der Waals surface area contributed by atoms with Gasteiger partial charge in [0.2, 0.25) is 0 Å². The quantitative estimate of drug-likeness (QED) is 0.359. The summed E-state index contributed by atoms with van der Waals surface area (Å²) in [4.78, 5) is 0. The maximum Gasteiger partial charge on any atom is -0.0131 e. The van der Waals surface area contributed by atoms with Gasteiger partial charge in [0.15, 0.2) is 0 Å². The van der Waals surface area contributed by atoms with Gasteiger partial charge in [0.1, 0.15) is 0 Å². The van der Waals surface area contributed by atoms with E-state index in [0.29, 0.717) is 5.92 Å². The molecule has 4 unspecified atom stereocenters. The van der Waals surface area contributed by atoms with Crippen molar-refractivity contribution in [3.05, 3.63) is 72.7 Å². The summed E-state index contributed by atoms with van der Waals surface area (Å²) < 4.78 is 0. The van der Waals surface area contributed by atoms with E-state index < -0.39 is 0 Å². The Morgan fingerprint density at radius 1 is 1.12 bits per heavy atom. The SMILES string of the molecule is [CH-]=C(C=C)C1CC1CCCC1CC1c1ccc(C(=C)[C-]2CC2)cc1. The first-order valence-corrected chi connectivity index (χ1v) is 9.56. The Balaban J connectivity index is 1.20. The second kappa shape index (κ2) is 6.31. The van der Waals surface area contributed by atoms with Crippen LogP contribution in [-0.2, 0) is 0 Å². The highest BCUT2D eigenvalue weighted by Crippen LogP contribution is 2.52. The third-order valence-corrected chi connectivity index (χ3v) is 6.27. The number of rotatable bonds is 9. The van der Waals surface area contributed by atoms with Crippen LogP contribution < -0.4 is 0 Å². The van der Waals surface area contributed by atoms with E-state index in [1.54, 1.807) is 5.92 Å². The maximum atomic E-state index is 5.96. The molecule has 3 aliphatic carbocycles. The molecule has 0 radical (unpaired) electrons. The van der Waals surface area contributed by atoms with Crippen LogP contribution >= 0.6 is 0 Å². The summed E-state index contributed by atoms with van der Waals surface area (Å²) >= 11 is 0. The molecule has 0 heterocycles. The summed E-state index contributed by atoms with van der Waals surface area (Å²) in [5, 5.41) is 0. The Morgan fingerprint density at radius 2 is 1.83 bits per heavy atom. The van der Waals surface area contributed by atoms with Crippen LogP contribution in [0.15, 0.2) is 49.1 Å². The summed E-state index contributed by atoms with van der Waals surface area (Å²) in [6.45, 7) is 14.0. The molecule has 4 rings (SSSR count). The zero-order valence-electron chi connectivity index (χ0n) is 14.6. The smallest absolute Gasteiger partial charge is 0.0131 e. The van der Waals surface area contributed by atoms with Crippen molar-refractivity contribution in [3.8, 4) is 0 Å². The maximum absolute atomic E-state index is 5.96. The minimum atomic E-state index is 0.641. The van der Waals surface area contributed by atoms with Gasteiger partial charge in [-0.3, -0.25) is 6.58 Å². The van der Waals surface area contributed by atoms with Crippen molar-refractivity contribution in [2.45, 2.75) is 50.9 Å². The van der Waals surface area contributed by atoms with Crippen LogP contribution in [0.5, 0.6) is 0 Å². The number of benzene rings is 1. The van der Waals surface area contributed by atoms with Gasteiger partial charge in [0.25, 0.3) is 0 Å². The van der Waals surface area contributed by atoms with E-state index in [2.05, 4.69) is 37.4 Å². The number of hydrogen-bond donors (Lipinski definition) is 0. The average molecular weight is 316 g/mol. The average Bonchev–Trinajstić information content (AvgIpc) is 3.47. The molecule has 0 aromatic heterocycles. The van der Waals surface area contributed by atoms with Crippen molar-refractivity contribution in [1.29, 1.82) is 0 Å². The minimum Gasteiger partial charge on any atom is -0.289 e. The summed E-state index contributed by atoms with van der Waals surface area (Å²) in [6, 6.07) is 9.23. The van der Waals surface area contributed by atoms with Gasteiger partial charge in [-0.25, -0.2) is 11.6 Å². The fraction of sp³-hybridized carbons (Fsp3) is 0.458. The largest absolute Gasteiger partial charge is 0.289 e. The Kier molecular flexibility index (Phi) is 4.16. The molecule has 24 heavy (non-hydrogen) atoms. The van der Waals surface area contributed by atoms with Crippen LogP contribution in [0.4, 0.5) is 0 Å². The lowest BCUT2D eigenvalue weighted by molar-refractivity contribution is 0.570. The monoisotopic (exact) mass is 316 g/mol. The molecule has 3 fully saturated rings. The normalized spacial score (nSPS) is 29.9. The first kappa shape index (κ1) is 15.8. The van der Waals surface area contributed by atoms with Gasteiger partial charge >= 0.3 is 0 Å². The highest BCUT2D eigenvalue weighted by molar-refractivity contribution is 5.77. The topological polar surface area (TPSA) is 0 Å². The fourth-order valence-corrected chi connectivity index (χ4v) is 4.24. The lowest BCUT2D eigenvalue weighted by Crippen LogP contribution is -1.89. The summed E-state index contributed by atoms with van der Waals surface area (Å²) in [5.41, 5.74) is 5.13. The van der Waals surface area contributed by atoms with Gasteiger partial charge in [-0.15, -0.1) is 17.7 Å². The second-order valence-electron chi connectivity index (χ2n) is 8.04. The third kappa shape index (κ3) is 3.38. The molecule has 1 aromatic rings. The molecular formula is C24H28-2. The van der Waals surface area contributed by atoms with Crippen LogP contribution in [-0.4, -0.2) is 0 Å². The van der Waals surface area contributed by atoms with Crippen molar-refractivity contribution < 1.29 is 0 Å². The first-order chi connectivity index (χ1) is 11.7. The minimum absolute atomic E-state index is 0.641. The highest BCUT2D eigenvalue weighted by atomic mass is 14.4. The standard InChI is InChI=1S/C24H28/c1-4-16(2)23-14-21(23)6-5-7-22-15-24(22)20-12-10-19(11-13-20)17(3)18-8-9-18/h2,4,10-13,21-24H,1,3,5-9,14-15H2/q-2. The predicted octanol–water partition coefficient (Wildman–Crippen LogP) is 6.52. The van der Waals surface area contributed by atoms with Crippen molar-refractivity contribution >= 4 is 5.57 Å². The fourth-order valence-electron chi connectivity index (χ4n) is 4.24. The molecule has 4 atom stereocenters. The Labute approximate surface area is 147 Å². The molecule has 0 amide bonds. The Hall–Kier alpha value is -1.69. The molecule has 3 aliphatic rings. The third-order valence-electron chi connectivity index (χ3n) is 6.27. The molecule has 1 aromatic carbocycles. The lowest BCUT2D eigenvalue weighted by Gasteiger charge is -2.14. The molecule has 126 valence electrons. The second-order valence-corrected chi connectivity index (χ2v) is 8.04. The molecule has 0 saturated heterocycles. The van der Waals surface area contributed by atoms with E-state index in [1.807, 2.05) is 6.08 Å². The van der Waals surface area contributed by atoms with Gasteiger partial charge in [0, 0.05) is 0 Å². The first-order valence-electron chi connectivity index (χ1n) is 9.56. The molecule has 0 bridgehead atoms. The molecule has 0 nitrogen and oxygen atoms in total. The van der Waals surface area contributed by atoms with Gasteiger partial charge < -0.3 is 0 Å². The zero-order chi connectivity index (χ0) is 16.7. The Morgan fingerprint density at radius 3 is 2.50 bits per heavy atom. The van der Waals surface area contributed by atoms with Crippen molar-refractivity contribution in [1.82, 2.24) is 0 Å². The molecular weight excluding hydrogens is 288 g/mol. The van der Waals surface area contributed by atoms with Crippen LogP contribution in [0, 0.1) is 30.3 Å². The molecule has 3 saturated carbocycles. The zero-order valence-corrected chi connectivity index (χ0v) is 14.6. The van der Waals surface area contributed by atoms with E-state index in [9.17, 15) is 0 Å². The predicted molar refractivity (Wildman–Crippen MR) is 102 cm³/mol. The summed E-state index contributed by atoms with van der Waals surface area (Å²) in [5.74, 6) is 4.74. The molecule has 0 spiro atoms. The van der Waals surface area contributed by atoms with Crippen LogP contribution in [0.1, 0.15) is 62.0 Å². The van der Waals surface area contributed by atoms with E-state index in [4.69, 9.17) is 6.58 Å². The van der Waals surface area contributed by atoms with E-state index in [1.165, 1.54) is 61.6 Å². The number of allylic oxidation sites excluding steroid dienone is 3. The van der Waals surface area contributed by atoms with E-state index in [-0.39, 0.29) is 0 Å².